The summed E-state index contributed by atoms with van der Waals surface area (Å²) in [6.45, 7) is 2.53. The molecule has 1 aliphatic heterocycles. The molecule has 4 heteroatoms. The molecule has 16 heavy (non-hydrogen) atoms. The number of hydrogen-bond acceptors (Lipinski definition) is 3. The van der Waals surface area contributed by atoms with Gasteiger partial charge in [0.15, 0.2) is 0 Å². The van der Waals surface area contributed by atoms with Gasteiger partial charge in [0.25, 0.3) is 11.7 Å². The lowest BCUT2D eigenvalue weighted by molar-refractivity contribution is -0.114. The molecule has 0 unspecified atom stereocenters. The van der Waals surface area contributed by atoms with Gasteiger partial charge in [0.2, 0.25) is 0 Å². The molecule has 0 bridgehead atoms. The van der Waals surface area contributed by atoms with Crippen LogP contribution in [-0.4, -0.2) is 30.2 Å². The Kier molecular flexibility index (Phi) is 3.01. The predicted molar refractivity (Wildman–Crippen MR) is 66.2 cm³/mol. The minimum Gasteiger partial charge on any atom is -0.304 e. The molecule has 1 aliphatic rings. The van der Waals surface area contributed by atoms with Crippen molar-refractivity contribution in [1.82, 2.24) is 0 Å². The fraction of sp³-hybridized carbons (Fsp3) is 0.333. The third-order valence-electron chi connectivity index (χ3n) is 2.71. The van der Waals surface area contributed by atoms with Crippen molar-refractivity contribution in [3.63, 3.8) is 0 Å². The molecule has 1 heterocycles. The second-order valence-corrected chi connectivity index (χ2v) is 4.74. The Bertz CT molecular complexity index is 456. The van der Waals surface area contributed by atoms with Crippen LogP contribution < -0.4 is 4.90 Å². The van der Waals surface area contributed by atoms with Crippen LogP contribution in [0, 0.1) is 6.92 Å². The van der Waals surface area contributed by atoms with Crippen LogP contribution in [0.15, 0.2) is 18.2 Å². The Labute approximate surface area is 98.8 Å². The van der Waals surface area contributed by atoms with E-state index in [2.05, 4.69) is 0 Å². The molecule has 1 amide bonds. The van der Waals surface area contributed by atoms with E-state index in [-0.39, 0.29) is 5.78 Å². The zero-order valence-corrected chi connectivity index (χ0v) is 10.1. The monoisotopic (exact) mass is 235 g/mol. The van der Waals surface area contributed by atoms with Crippen LogP contribution in [0.2, 0.25) is 0 Å². The van der Waals surface area contributed by atoms with E-state index < -0.39 is 5.91 Å². The van der Waals surface area contributed by atoms with E-state index in [9.17, 15) is 9.59 Å². The summed E-state index contributed by atoms with van der Waals surface area (Å²) >= 11 is 1.67. The van der Waals surface area contributed by atoms with Gasteiger partial charge in [0.1, 0.15) is 0 Å². The number of thioether (sulfide) groups is 1. The van der Waals surface area contributed by atoms with E-state index in [1.165, 1.54) is 0 Å². The summed E-state index contributed by atoms with van der Waals surface area (Å²) in [7, 11) is 0. The quantitative estimate of drug-likeness (QED) is 0.751. The van der Waals surface area contributed by atoms with Crippen molar-refractivity contribution >= 4 is 29.1 Å². The molecular weight excluding hydrogens is 222 g/mol. The van der Waals surface area contributed by atoms with Crippen LogP contribution in [0.1, 0.15) is 15.9 Å². The summed E-state index contributed by atoms with van der Waals surface area (Å²) < 4.78 is 0. The number of aryl methyl sites for hydroxylation is 1. The Morgan fingerprint density at radius 1 is 1.31 bits per heavy atom. The lowest BCUT2D eigenvalue weighted by atomic mass is 10.1. The maximum atomic E-state index is 11.8. The predicted octanol–water partition coefficient (Wildman–Crippen LogP) is 1.89. The summed E-state index contributed by atoms with van der Waals surface area (Å²) in [5, 5.41) is 0. The normalized spacial score (nSPS) is 14.5. The van der Waals surface area contributed by atoms with Crippen molar-refractivity contribution < 1.29 is 9.59 Å². The van der Waals surface area contributed by atoms with Crippen LogP contribution in [-0.2, 0) is 4.79 Å². The number of rotatable bonds is 3. The van der Waals surface area contributed by atoms with Gasteiger partial charge in [-0.15, -0.1) is 0 Å². The standard InChI is InChI=1S/C12H13NO2S/c1-8-4-3-5-9-10(8)13(6-7-16-2)12(15)11(9)14/h3-5H,6-7H2,1-2H3. The van der Waals surface area contributed by atoms with Gasteiger partial charge >= 0.3 is 0 Å². The highest BCUT2D eigenvalue weighted by Gasteiger charge is 2.36. The molecule has 1 aromatic carbocycles. The Hall–Kier alpha value is -1.29. The lowest BCUT2D eigenvalue weighted by Gasteiger charge is -2.17. The smallest absolute Gasteiger partial charge is 0.299 e. The first-order valence-corrected chi connectivity index (χ1v) is 6.51. The van der Waals surface area contributed by atoms with E-state index >= 15 is 0 Å². The molecule has 84 valence electrons. The maximum Gasteiger partial charge on any atom is 0.299 e. The third kappa shape index (κ3) is 1.63. The first kappa shape index (κ1) is 11.2. The van der Waals surface area contributed by atoms with Crippen molar-refractivity contribution in [2.75, 3.05) is 23.5 Å². The fourth-order valence-corrected chi connectivity index (χ4v) is 2.30. The summed E-state index contributed by atoms with van der Waals surface area (Å²) in [6.07, 6.45) is 1.99. The first-order chi connectivity index (χ1) is 7.66. The van der Waals surface area contributed by atoms with Crippen LogP contribution in [0.4, 0.5) is 5.69 Å². The number of carbonyl (C=O) groups is 2. The lowest BCUT2D eigenvalue weighted by Crippen LogP contribution is -2.32. The van der Waals surface area contributed by atoms with Gasteiger partial charge < -0.3 is 4.90 Å². The SMILES string of the molecule is CSCCN1C(=O)C(=O)c2cccc(C)c21. The molecular formula is C12H13NO2S. The molecule has 0 fully saturated rings. The van der Waals surface area contributed by atoms with Gasteiger partial charge in [-0.05, 0) is 24.8 Å². The van der Waals surface area contributed by atoms with Gasteiger partial charge in [-0.3, -0.25) is 9.59 Å². The van der Waals surface area contributed by atoms with Crippen LogP contribution in [0.3, 0.4) is 0 Å². The largest absolute Gasteiger partial charge is 0.304 e. The average molecular weight is 235 g/mol. The minimum absolute atomic E-state index is 0.375. The third-order valence-corrected chi connectivity index (χ3v) is 3.30. The highest BCUT2D eigenvalue weighted by molar-refractivity contribution is 7.98. The van der Waals surface area contributed by atoms with E-state index in [4.69, 9.17) is 0 Å². The van der Waals surface area contributed by atoms with Crippen molar-refractivity contribution in [1.29, 1.82) is 0 Å². The molecule has 0 atom stereocenters. The van der Waals surface area contributed by atoms with Crippen molar-refractivity contribution in [3.8, 4) is 0 Å². The molecule has 0 radical (unpaired) electrons. The number of benzene rings is 1. The van der Waals surface area contributed by atoms with Gasteiger partial charge in [0, 0.05) is 12.3 Å². The minimum atomic E-state index is -0.390. The van der Waals surface area contributed by atoms with E-state index in [1.807, 2.05) is 25.3 Å². The summed E-state index contributed by atoms with van der Waals surface area (Å²) in [6, 6.07) is 5.47. The molecule has 0 spiro atoms. The molecule has 0 aromatic heterocycles. The maximum absolute atomic E-state index is 11.8. The highest BCUT2D eigenvalue weighted by Crippen LogP contribution is 2.31. The van der Waals surface area contributed by atoms with E-state index in [0.29, 0.717) is 12.1 Å². The number of para-hydroxylation sites is 1. The number of fused-ring (bicyclic) bond motifs is 1. The average Bonchev–Trinajstić information content (AvgIpc) is 2.52. The van der Waals surface area contributed by atoms with Crippen LogP contribution >= 0.6 is 11.8 Å². The van der Waals surface area contributed by atoms with Crippen molar-refractivity contribution in [3.05, 3.63) is 29.3 Å². The topological polar surface area (TPSA) is 37.4 Å². The summed E-state index contributed by atoms with van der Waals surface area (Å²) in [5.74, 6) is 0.0745. The first-order valence-electron chi connectivity index (χ1n) is 5.11. The number of amides is 1. The van der Waals surface area contributed by atoms with Gasteiger partial charge in [-0.25, -0.2) is 0 Å². The molecule has 3 nitrogen and oxygen atoms in total. The number of Topliss-reactive ketones (excluding diaryl/α,β-unsaturated/α-hetero) is 1. The zero-order chi connectivity index (χ0) is 11.7. The zero-order valence-electron chi connectivity index (χ0n) is 9.32. The fourth-order valence-electron chi connectivity index (χ4n) is 1.94. The molecule has 0 saturated carbocycles. The van der Waals surface area contributed by atoms with Gasteiger partial charge in [-0.1, -0.05) is 12.1 Å². The number of hydrogen-bond donors (Lipinski definition) is 0. The Balaban J connectivity index is 2.43. The van der Waals surface area contributed by atoms with E-state index in [1.54, 1.807) is 22.7 Å². The molecule has 2 rings (SSSR count). The Morgan fingerprint density at radius 3 is 2.75 bits per heavy atom. The van der Waals surface area contributed by atoms with Crippen LogP contribution in [0.5, 0.6) is 0 Å². The number of ketones is 1. The molecule has 1 aromatic rings. The second-order valence-electron chi connectivity index (χ2n) is 3.75. The number of carbonyl (C=O) groups excluding carboxylic acids is 2. The molecule has 0 N–H and O–H groups in total. The van der Waals surface area contributed by atoms with Crippen molar-refractivity contribution in [2.45, 2.75) is 6.92 Å². The molecule has 0 saturated heterocycles. The highest BCUT2D eigenvalue weighted by atomic mass is 32.2. The van der Waals surface area contributed by atoms with E-state index in [0.717, 1.165) is 17.0 Å². The Morgan fingerprint density at radius 2 is 2.06 bits per heavy atom. The number of anilines is 1. The summed E-state index contributed by atoms with van der Waals surface area (Å²) in [4.78, 5) is 25.1. The number of nitrogens with zero attached hydrogens (tertiary/aromatic N) is 1. The van der Waals surface area contributed by atoms with Crippen LogP contribution in [0.25, 0.3) is 0 Å². The van der Waals surface area contributed by atoms with Gasteiger partial charge in [0.05, 0.1) is 11.3 Å². The second kappa shape index (κ2) is 4.29. The van der Waals surface area contributed by atoms with Crippen molar-refractivity contribution in [2.24, 2.45) is 0 Å². The van der Waals surface area contributed by atoms with Gasteiger partial charge in [-0.2, -0.15) is 11.8 Å². The molecule has 0 aliphatic carbocycles. The summed E-state index contributed by atoms with van der Waals surface area (Å²) in [5.41, 5.74) is 2.33.